The molecule has 0 amide bonds. The fraction of sp³-hybridized carbons (Fsp3) is 0.286. The summed E-state index contributed by atoms with van der Waals surface area (Å²) in [6.07, 6.45) is 4.79. The van der Waals surface area contributed by atoms with E-state index in [0.29, 0.717) is 18.1 Å². The van der Waals surface area contributed by atoms with Crippen molar-refractivity contribution in [2.24, 2.45) is 0 Å². The van der Waals surface area contributed by atoms with Crippen molar-refractivity contribution in [3.05, 3.63) is 65.7 Å². The van der Waals surface area contributed by atoms with Gasteiger partial charge >= 0.3 is 0 Å². The molecule has 4 rings (SSSR count). The smallest absolute Gasteiger partial charge is 0.269 e. The molecule has 0 radical (unpaired) electrons. The van der Waals surface area contributed by atoms with Gasteiger partial charge in [-0.25, -0.2) is 21.8 Å². The summed E-state index contributed by atoms with van der Waals surface area (Å²) in [7, 11) is -0.714. The van der Waals surface area contributed by atoms with Crippen LogP contribution in [0.25, 0.3) is 11.3 Å². The molecular weight excluding hydrogens is 393 g/mol. The molecule has 1 N–H and O–H groups in total. The van der Waals surface area contributed by atoms with Crippen molar-refractivity contribution in [2.45, 2.75) is 30.2 Å². The molecule has 6 nitrogen and oxygen atoms in total. The van der Waals surface area contributed by atoms with Crippen molar-refractivity contribution in [3.63, 3.8) is 0 Å². The molecule has 0 spiro atoms. The summed E-state index contributed by atoms with van der Waals surface area (Å²) in [6, 6.07) is 9.22. The molecule has 1 aliphatic rings. The van der Waals surface area contributed by atoms with Crippen LogP contribution in [-0.2, 0) is 16.6 Å². The lowest BCUT2D eigenvalue weighted by molar-refractivity contribution is 0.397. The fourth-order valence-corrected chi connectivity index (χ4v) is 4.92. The summed E-state index contributed by atoms with van der Waals surface area (Å²) in [5.74, 6) is 0.103. The minimum atomic E-state index is -3.98. The Bertz CT molecular complexity index is 1140. The molecular formula is C21H22FN3O3S. The van der Waals surface area contributed by atoms with Gasteiger partial charge in [-0.05, 0) is 55.1 Å². The zero-order valence-electron chi connectivity index (χ0n) is 16.2. The first kappa shape index (κ1) is 19.6. The highest BCUT2D eigenvalue weighted by Gasteiger charge is 2.35. The van der Waals surface area contributed by atoms with Crippen LogP contribution in [0.4, 0.5) is 4.39 Å². The van der Waals surface area contributed by atoms with Gasteiger partial charge in [-0.3, -0.25) is 0 Å². The summed E-state index contributed by atoms with van der Waals surface area (Å²) < 4.78 is 48.0. The molecule has 8 heteroatoms. The van der Waals surface area contributed by atoms with Crippen molar-refractivity contribution < 1.29 is 17.5 Å². The van der Waals surface area contributed by atoms with Crippen LogP contribution in [0.5, 0.6) is 5.88 Å². The van der Waals surface area contributed by atoms with Crippen molar-refractivity contribution in [3.8, 4) is 17.1 Å². The quantitative estimate of drug-likeness (QED) is 0.639. The molecule has 1 fully saturated rings. The second-order valence-corrected chi connectivity index (χ2v) is 8.85. The summed E-state index contributed by atoms with van der Waals surface area (Å²) in [5, 5.41) is 3.09. The molecule has 0 aliphatic heterocycles. The van der Waals surface area contributed by atoms with E-state index in [1.54, 1.807) is 31.4 Å². The van der Waals surface area contributed by atoms with Crippen molar-refractivity contribution in [1.82, 2.24) is 14.3 Å². The first-order chi connectivity index (χ1) is 14.0. The molecule has 2 aromatic heterocycles. The van der Waals surface area contributed by atoms with Gasteiger partial charge in [0.2, 0.25) is 5.88 Å². The number of hydrogen-bond donors (Lipinski definition) is 1. The highest BCUT2D eigenvalue weighted by Crippen LogP contribution is 2.48. The third-order valence-electron chi connectivity index (χ3n) is 5.05. The van der Waals surface area contributed by atoms with Crippen LogP contribution in [0.1, 0.15) is 29.9 Å². The Balaban J connectivity index is 1.97. The minimum Gasteiger partial charge on any atom is -0.481 e. The monoisotopic (exact) mass is 415 g/mol. The van der Waals surface area contributed by atoms with E-state index in [4.69, 9.17) is 4.74 Å². The molecule has 0 atom stereocenters. The zero-order chi connectivity index (χ0) is 20.6. The highest BCUT2D eigenvalue weighted by molar-refractivity contribution is 7.90. The summed E-state index contributed by atoms with van der Waals surface area (Å²) in [4.78, 5) is 4.04. The molecule has 1 saturated carbocycles. The van der Waals surface area contributed by atoms with E-state index in [0.717, 1.165) is 24.0 Å². The van der Waals surface area contributed by atoms with Crippen LogP contribution in [-0.4, -0.2) is 31.5 Å². The lowest BCUT2D eigenvalue weighted by Gasteiger charge is -2.13. The van der Waals surface area contributed by atoms with Gasteiger partial charge in [0.1, 0.15) is 10.7 Å². The van der Waals surface area contributed by atoms with Crippen LogP contribution in [0.3, 0.4) is 0 Å². The number of pyridine rings is 1. The number of rotatable bonds is 7. The lowest BCUT2D eigenvalue weighted by atomic mass is 10.0. The largest absolute Gasteiger partial charge is 0.481 e. The first-order valence-corrected chi connectivity index (χ1v) is 10.8. The van der Waals surface area contributed by atoms with E-state index in [2.05, 4.69) is 10.3 Å². The number of ether oxygens (including phenoxy) is 1. The minimum absolute atomic E-state index is 0.0178. The van der Waals surface area contributed by atoms with Crippen LogP contribution >= 0.6 is 0 Å². The Kier molecular flexibility index (Phi) is 5.14. The van der Waals surface area contributed by atoms with E-state index in [-0.39, 0.29) is 16.4 Å². The lowest BCUT2D eigenvalue weighted by Crippen LogP contribution is -2.14. The normalized spacial score (nSPS) is 14.2. The zero-order valence-corrected chi connectivity index (χ0v) is 17.0. The number of hydrogen-bond acceptors (Lipinski definition) is 5. The van der Waals surface area contributed by atoms with Gasteiger partial charge < -0.3 is 10.1 Å². The Hall–Kier alpha value is -2.71. The molecule has 1 aromatic carbocycles. The maximum absolute atomic E-state index is 14.8. The van der Waals surface area contributed by atoms with Crippen molar-refractivity contribution in [1.29, 1.82) is 0 Å². The SMILES string of the molecule is CNCc1cn(S(=O)(=O)c2ccc(OC)nc2)c(-c2ccccc2F)c1C1CC1. The summed E-state index contributed by atoms with van der Waals surface area (Å²) >= 11 is 0. The van der Waals surface area contributed by atoms with Crippen LogP contribution in [0.2, 0.25) is 0 Å². The fourth-order valence-electron chi connectivity index (χ4n) is 3.57. The molecule has 0 saturated heterocycles. The molecule has 0 unspecified atom stereocenters. The maximum Gasteiger partial charge on any atom is 0.269 e. The van der Waals surface area contributed by atoms with E-state index in [1.165, 1.54) is 35.5 Å². The predicted octanol–water partition coefficient (Wildman–Crippen LogP) is 3.53. The van der Waals surface area contributed by atoms with Crippen molar-refractivity contribution in [2.75, 3.05) is 14.2 Å². The second kappa shape index (κ2) is 7.61. The van der Waals surface area contributed by atoms with E-state index in [1.807, 2.05) is 0 Å². The Morgan fingerprint density at radius 2 is 2.00 bits per heavy atom. The second-order valence-electron chi connectivity index (χ2n) is 7.04. The van der Waals surface area contributed by atoms with Crippen molar-refractivity contribution >= 4 is 10.0 Å². The average molecular weight is 415 g/mol. The molecule has 0 bridgehead atoms. The molecule has 2 heterocycles. The topological polar surface area (TPSA) is 73.2 Å². The van der Waals surface area contributed by atoms with Gasteiger partial charge in [-0.15, -0.1) is 0 Å². The Morgan fingerprint density at radius 3 is 2.59 bits per heavy atom. The van der Waals surface area contributed by atoms with E-state index < -0.39 is 15.8 Å². The number of halogens is 1. The third-order valence-corrected chi connectivity index (χ3v) is 6.69. The van der Waals surface area contributed by atoms with E-state index in [9.17, 15) is 12.8 Å². The summed E-state index contributed by atoms with van der Waals surface area (Å²) in [6.45, 7) is 0.497. The predicted molar refractivity (Wildman–Crippen MR) is 108 cm³/mol. The third kappa shape index (κ3) is 3.54. The number of aromatic nitrogens is 2. The molecule has 3 aromatic rings. The van der Waals surface area contributed by atoms with Gasteiger partial charge in [0.15, 0.2) is 0 Å². The van der Waals surface area contributed by atoms with Crippen LogP contribution in [0.15, 0.2) is 53.7 Å². The average Bonchev–Trinajstić information content (AvgIpc) is 3.49. The molecule has 152 valence electrons. The Labute approximate surface area is 169 Å². The van der Waals surface area contributed by atoms with Gasteiger partial charge in [0, 0.05) is 24.4 Å². The van der Waals surface area contributed by atoms with E-state index >= 15 is 0 Å². The number of methoxy groups -OCH3 is 1. The molecule has 29 heavy (non-hydrogen) atoms. The first-order valence-electron chi connectivity index (χ1n) is 9.36. The summed E-state index contributed by atoms with van der Waals surface area (Å²) in [5.41, 5.74) is 2.43. The maximum atomic E-state index is 14.8. The number of benzene rings is 1. The van der Waals surface area contributed by atoms with Crippen LogP contribution in [0, 0.1) is 5.82 Å². The van der Waals surface area contributed by atoms with Crippen LogP contribution < -0.4 is 10.1 Å². The standard InChI is InChI=1S/C21H22FN3O3S/c1-23-11-15-13-25(29(26,27)16-9-10-19(28-2)24-12-16)21(20(15)14-7-8-14)17-5-3-4-6-18(17)22/h3-6,9-10,12-14,23H,7-8,11H2,1-2H3. The van der Waals surface area contributed by atoms with Gasteiger partial charge in [0.05, 0.1) is 19.0 Å². The number of nitrogens with zero attached hydrogens (tertiary/aromatic N) is 2. The van der Waals surface area contributed by atoms with Gasteiger partial charge in [-0.2, -0.15) is 0 Å². The van der Waals surface area contributed by atoms with Gasteiger partial charge in [0.25, 0.3) is 10.0 Å². The highest BCUT2D eigenvalue weighted by atomic mass is 32.2. The molecule has 1 aliphatic carbocycles. The van der Waals surface area contributed by atoms with Gasteiger partial charge in [-0.1, -0.05) is 12.1 Å². The number of nitrogens with one attached hydrogen (secondary N) is 1. The Morgan fingerprint density at radius 1 is 1.24 bits per heavy atom.